The van der Waals surface area contributed by atoms with Gasteiger partial charge in [-0.2, -0.15) is 0 Å². The third-order valence-electron chi connectivity index (χ3n) is 2.88. The van der Waals surface area contributed by atoms with Gasteiger partial charge in [0.1, 0.15) is 5.75 Å². The summed E-state index contributed by atoms with van der Waals surface area (Å²) >= 11 is 3.46. The number of halogens is 1. The van der Waals surface area contributed by atoms with Gasteiger partial charge in [-0.15, -0.1) is 0 Å². The maximum absolute atomic E-state index is 11.8. The first-order chi connectivity index (χ1) is 7.49. The fraction of sp³-hybridized carbons (Fsp3) is 0.417. The molecule has 2 rings (SSSR count). The number of carbonyl (C=O) groups excluding carboxylic acids is 1. The van der Waals surface area contributed by atoms with Crippen molar-refractivity contribution in [1.82, 2.24) is 0 Å². The molecule has 0 bridgehead atoms. The van der Waals surface area contributed by atoms with Gasteiger partial charge in [0.15, 0.2) is 0 Å². The number of nitrogens with zero attached hydrogens (tertiary/aromatic N) is 1. The van der Waals surface area contributed by atoms with E-state index in [0.717, 1.165) is 16.8 Å². The lowest BCUT2D eigenvalue weighted by Crippen LogP contribution is -2.25. The molecule has 16 heavy (non-hydrogen) atoms. The fourth-order valence-corrected chi connectivity index (χ4v) is 2.54. The highest BCUT2D eigenvalue weighted by molar-refractivity contribution is 9.09. The fourth-order valence-electron chi connectivity index (χ4n) is 1.97. The van der Waals surface area contributed by atoms with Crippen molar-refractivity contribution in [2.75, 3.05) is 11.4 Å². The van der Waals surface area contributed by atoms with Crippen molar-refractivity contribution in [3.8, 4) is 5.75 Å². The molecule has 1 heterocycles. The lowest BCUT2D eigenvalue weighted by molar-refractivity contribution is -0.117. The molecule has 1 aromatic carbocycles. The zero-order valence-corrected chi connectivity index (χ0v) is 10.9. The van der Waals surface area contributed by atoms with Crippen LogP contribution in [-0.2, 0) is 4.79 Å². The van der Waals surface area contributed by atoms with Crippen LogP contribution in [0.5, 0.6) is 5.75 Å². The highest BCUT2D eigenvalue weighted by atomic mass is 79.9. The van der Waals surface area contributed by atoms with Gasteiger partial charge < -0.3 is 10.0 Å². The number of benzene rings is 1. The van der Waals surface area contributed by atoms with Crippen LogP contribution in [0.4, 0.5) is 5.69 Å². The van der Waals surface area contributed by atoms with Crippen molar-refractivity contribution >= 4 is 27.5 Å². The molecule has 0 saturated carbocycles. The van der Waals surface area contributed by atoms with E-state index in [4.69, 9.17) is 0 Å². The summed E-state index contributed by atoms with van der Waals surface area (Å²) < 4.78 is 0. The molecule has 86 valence electrons. The molecule has 0 spiro atoms. The predicted octanol–water partition coefficient (Wildman–Crippen LogP) is 2.51. The Morgan fingerprint density at radius 2 is 2.06 bits per heavy atom. The lowest BCUT2D eigenvalue weighted by Gasteiger charge is -2.19. The SMILES string of the molecule is Cc1cc(N2CC(Br)CC2=O)c(C)cc1O. The largest absolute Gasteiger partial charge is 0.508 e. The molecular formula is C12H14BrNO2. The average molecular weight is 284 g/mol. The number of phenols is 1. The van der Waals surface area contributed by atoms with E-state index in [0.29, 0.717) is 13.0 Å². The van der Waals surface area contributed by atoms with Crippen LogP contribution in [0.2, 0.25) is 0 Å². The number of aromatic hydroxyl groups is 1. The van der Waals surface area contributed by atoms with Gasteiger partial charge in [0.2, 0.25) is 5.91 Å². The normalized spacial score (nSPS) is 20.6. The van der Waals surface area contributed by atoms with Gasteiger partial charge in [-0.25, -0.2) is 0 Å². The van der Waals surface area contributed by atoms with E-state index in [1.54, 1.807) is 11.0 Å². The Morgan fingerprint density at radius 3 is 2.62 bits per heavy atom. The van der Waals surface area contributed by atoms with Crippen molar-refractivity contribution in [1.29, 1.82) is 0 Å². The molecule has 1 saturated heterocycles. The number of phenolic OH excluding ortho intramolecular Hbond substituents is 1. The molecule has 1 N–H and O–H groups in total. The minimum Gasteiger partial charge on any atom is -0.508 e. The van der Waals surface area contributed by atoms with Crippen LogP contribution in [-0.4, -0.2) is 22.4 Å². The van der Waals surface area contributed by atoms with E-state index in [9.17, 15) is 9.90 Å². The number of alkyl halides is 1. The van der Waals surface area contributed by atoms with E-state index in [-0.39, 0.29) is 16.5 Å². The van der Waals surface area contributed by atoms with Crippen molar-refractivity contribution in [2.45, 2.75) is 25.1 Å². The van der Waals surface area contributed by atoms with Crippen LogP contribution in [0.3, 0.4) is 0 Å². The van der Waals surface area contributed by atoms with Crippen LogP contribution in [0.1, 0.15) is 17.5 Å². The van der Waals surface area contributed by atoms with Gasteiger partial charge in [0.05, 0.1) is 0 Å². The molecule has 1 aliphatic heterocycles. The van der Waals surface area contributed by atoms with E-state index in [1.807, 2.05) is 19.9 Å². The molecule has 0 aliphatic carbocycles. The first-order valence-corrected chi connectivity index (χ1v) is 6.15. The lowest BCUT2D eigenvalue weighted by atomic mass is 10.1. The minimum atomic E-state index is 0.134. The van der Waals surface area contributed by atoms with Gasteiger partial charge in [0.25, 0.3) is 0 Å². The molecule has 1 atom stereocenters. The number of hydrogen-bond acceptors (Lipinski definition) is 2. The van der Waals surface area contributed by atoms with Crippen LogP contribution in [0.25, 0.3) is 0 Å². The van der Waals surface area contributed by atoms with Crippen LogP contribution in [0, 0.1) is 13.8 Å². The average Bonchev–Trinajstić information content (AvgIpc) is 2.51. The summed E-state index contributed by atoms with van der Waals surface area (Å²) in [6, 6.07) is 3.58. The standard InChI is InChI=1S/C12H14BrNO2/c1-7-4-11(15)8(2)3-10(7)14-6-9(13)5-12(14)16/h3-4,9,15H,5-6H2,1-2H3. The summed E-state index contributed by atoms with van der Waals surface area (Å²) in [5.41, 5.74) is 2.63. The van der Waals surface area contributed by atoms with Crippen molar-refractivity contribution in [3.05, 3.63) is 23.3 Å². The summed E-state index contributed by atoms with van der Waals surface area (Å²) in [6.45, 7) is 4.44. The Labute approximate surface area is 103 Å². The predicted molar refractivity (Wildman–Crippen MR) is 67.3 cm³/mol. The van der Waals surface area contributed by atoms with Crippen molar-refractivity contribution in [3.63, 3.8) is 0 Å². The molecule has 1 unspecified atom stereocenters. The molecule has 1 aromatic rings. The number of aryl methyl sites for hydroxylation is 2. The van der Waals surface area contributed by atoms with Gasteiger partial charge in [0, 0.05) is 23.5 Å². The third-order valence-corrected chi connectivity index (χ3v) is 3.50. The Bertz CT molecular complexity index is 445. The molecule has 1 fully saturated rings. The van der Waals surface area contributed by atoms with Gasteiger partial charge >= 0.3 is 0 Å². The Morgan fingerprint density at radius 1 is 1.38 bits per heavy atom. The molecule has 0 radical (unpaired) electrons. The quantitative estimate of drug-likeness (QED) is 0.805. The highest BCUT2D eigenvalue weighted by Crippen LogP contribution is 2.32. The zero-order valence-electron chi connectivity index (χ0n) is 9.33. The van der Waals surface area contributed by atoms with Crippen LogP contribution in [0.15, 0.2) is 12.1 Å². The topological polar surface area (TPSA) is 40.5 Å². The summed E-state index contributed by atoms with van der Waals surface area (Å²) in [7, 11) is 0. The summed E-state index contributed by atoms with van der Waals surface area (Å²) in [6.07, 6.45) is 0.541. The monoisotopic (exact) mass is 283 g/mol. The van der Waals surface area contributed by atoms with Crippen LogP contribution < -0.4 is 4.90 Å². The van der Waals surface area contributed by atoms with Crippen molar-refractivity contribution in [2.24, 2.45) is 0 Å². The second-order valence-electron chi connectivity index (χ2n) is 4.23. The van der Waals surface area contributed by atoms with Gasteiger partial charge in [-0.05, 0) is 37.1 Å². The molecule has 4 heteroatoms. The number of carbonyl (C=O) groups is 1. The molecule has 3 nitrogen and oxygen atoms in total. The van der Waals surface area contributed by atoms with Crippen molar-refractivity contribution < 1.29 is 9.90 Å². The molecule has 0 aromatic heterocycles. The maximum Gasteiger partial charge on any atom is 0.228 e. The number of amides is 1. The summed E-state index contributed by atoms with van der Waals surface area (Å²) in [5.74, 6) is 0.415. The second-order valence-corrected chi connectivity index (χ2v) is 5.53. The first-order valence-electron chi connectivity index (χ1n) is 5.23. The van der Waals surface area contributed by atoms with E-state index < -0.39 is 0 Å². The minimum absolute atomic E-state index is 0.134. The first kappa shape index (κ1) is 11.5. The van der Waals surface area contributed by atoms with Crippen LogP contribution >= 0.6 is 15.9 Å². The van der Waals surface area contributed by atoms with Gasteiger partial charge in [-0.1, -0.05) is 15.9 Å². The van der Waals surface area contributed by atoms with E-state index in [1.165, 1.54) is 0 Å². The Kier molecular flexibility index (Phi) is 2.93. The third kappa shape index (κ3) is 1.94. The molecule has 1 amide bonds. The summed E-state index contributed by atoms with van der Waals surface area (Å²) in [4.78, 5) is 13.8. The molecular weight excluding hydrogens is 270 g/mol. The second kappa shape index (κ2) is 4.09. The number of rotatable bonds is 1. The zero-order chi connectivity index (χ0) is 11.9. The Balaban J connectivity index is 2.41. The number of hydrogen-bond donors (Lipinski definition) is 1. The summed E-state index contributed by atoms with van der Waals surface area (Å²) in [5, 5.41) is 9.57. The number of anilines is 1. The van der Waals surface area contributed by atoms with Gasteiger partial charge in [-0.3, -0.25) is 4.79 Å². The highest BCUT2D eigenvalue weighted by Gasteiger charge is 2.29. The Hall–Kier alpha value is -1.03. The van der Waals surface area contributed by atoms with E-state index in [2.05, 4.69) is 15.9 Å². The maximum atomic E-state index is 11.8. The molecule has 1 aliphatic rings. The van der Waals surface area contributed by atoms with E-state index >= 15 is 0 Å². The smallest absolute Gasteiger partial charge is 0.228 e.